The topological polar surface area (TPSA) is 70.4 Å². The van der Waals surface area contributed by atoms with Crippen LogP contribution in [0, 0.1) is 0 Å². The Labute approximate surface area is 196 Å². The molecule has 0 bridgehead atoms. The van der Waals surface area contributed by atoms with Gasteiger partial charge in [0.1, 0.15) is 10.7 Å². The number of esters is 2. The lowest BCUT2D eigenvalue weighted by Gasteiger charge is -2.11. The Bertz CT molecular complexity index is 1060. The SMILES string of the molecule is CCCCc1ncc(C=C(Cc2cccs2)C(=O)OCC)n1Cc1ccc(C(=O)OC)s1. The molecule has 0 N–H and O–H groups in total. The first-order valence-electron chi connectivity index (χ1n) is 10.7. The lowest BCUT2D eigenvalue weighted by molar-refractivity contribution is -0.138. The number of aromatic nitrogens is 2. The molecule has 0 aliphatic carbocycles. The number of aryl methyl sites for hydroxylation is 1. The summed E-state index contributed by atoms with van der Waals surface area (Å²) in [5, 5.41) is 2.00. The van der Waals surface area contributed by atoms with E-state index in [9.17, 15) is 9.59 Å². The third-order valence-corrected chi connectivity index (χ3v) is 6.82. The fourth-order valence-electron chi connectivity index (χ4n) is 3.28. The van der Waals surface area contributed by atoms with Gasteiger partial charge in [-0.15, -0.1) is 22.7 Å². The molecule has 0 atom stereocenters. The van der Waals surface area contributed by atoms with Gasteiger partial charge in [-0.3, -0.25) is 0 Å². The van der Waals surface area contributed by atoms with Gasteiger partial charge in [0.15, 0.2) is 0 Å². The van der Waals surface area contributed by atoms with Gasteiger partial charge in [0.25, 0.3) is 0 Å². The second-order valence-electron chi connectivity index (χ2n) is 7.19. The van der Waals surface area contributed by atoms with Crippen LogP contribution in [0.25, 0.3) is 6.08 Å². The monoisotopic (exact) mass is 472 g/mol. The Morgan fingerprint density at radius 1 is 1.19 bits per heavy atom. The highest BCUT2D eigenvalue weighted by molar-refractivity contribution is 7.13. The van der Waals surface area contributed by atoms with Crippen LogP contribution in [-0.2, 0) is 33.7 Å². The maximum Gasteiger partial charge on any atom is 0.348 e. The summed E-state index contributed by atoms with van der Waals surface area (Å²) in [6.45, 7) is 4.86. The van der Waals surface area contributed by atoms with Crippen molar-refractivity contribution in [3.8, 4) is 0 Å². The minimum atomic E-state index is -0.334. The molecule has 0 spiro atoms. The van der Waals surface area contributed by atoms with Crippen molar-refractivity contribution < 1.29 is 19.1 Å². The second-order valence-corrected chi connectivity index (χ2v) is 9.39. The van der Waals surface area contributed by atoms with Crippen molar-refractivity contribution in [3.05, 3.63) is 67.6 Å². The first-order valence-corrected chi connectivity index (χ1v) is 12.4. The van der Waals surface area contributed by atoms with Crippen LogP contribution in [0.5, 0.6) is 0 Å². The van der Waals surface area contributed by atoms with Gasteiger partial charge in [0, 0.05) is 28.2 Å². The standard InChI is InChI=1S/C24H28N2O4S2/c1-4-6-9-22-25-15-18(26(22)16-20-10-11-21(32-20)24(28)29-3)13-17(23(27)30-5-2)14-19-8-7-12-31-19/h7-8,10-13,15H,4-6,9,14,16H2,1-3H3. The molecule has 32 heavy (non-hydrogen) atoms. The van der Waals surface area contributed by atoms with E-state index >= 15 is 0 Å². The number of rotatable bonds is 11. The molecule has 0 fully saturated rings. The summed E-state index contributed by atoms with van der Waals surface area (Å²) in [5.41, 5.74) is 1.45. The molecule has 3 aromatic heterocycles. The Kier molecular flexibility index (Phi) is 8.81. The highest BCUT2D eigenvalue weighted by atomic mass is 32.1. The van der Waals surface area contributed by atoms with Crippen LogP contribution in [-0.4, -0.2) is 35.2 Å². The number of unbranched alkanes of at least 4 members (excludes halogenated alkanes) is 1. The van der Waals surface area contributed by atoms with E-state index in [1.807, 2.05) is 42.8 Å². The minimum Gasteiger partial charge on any atom is -0.465 e. The predicted octanol–water partition coefficient (Wildman–Crippen LogP) is 5.37. The van der Waals surface area contributed by atoms with Crippen molar-refractivity contribution in [2.24, 2.45) is 0 Å². The normalized spacial score (nSPS) is 11.5. The fourth-order valence-corrected chi connectivity index (χ4v) is 4.92. The smallest absolute Gasteiger partial charge is 0.348 e. The quantitative estimate of drug-likeness (QED) is 0.277. The Hall–Kier alpha value is -2.71. The molecule has 170 valence electrons. The van der Waals surface area contributed by atoms with Crippen molar-refractivity contribution in [3.63, 3.8) is 0 Å². The van der Waals surface area contributed by atoms with Crippen LogP contribution >= 0.6 is 22.7 Å². The number of methoxy groups -OCH3 is 1. The third kappa shape index (κ3) is 6.17. The summed E-state index contributed by atoms with van der Waals surface area (Å²) in [6, 6.07) is 7.71. The molecule has 0 unspecified atom stereocenters. The molecule has 3 aromatic rings. The molecule has 0 amide bonds. The first-order chi connectivity index (χ1) is 15.5. The Morgan fingerprint density at radius 2 is 2.03 bits per heavy atom. The lowest BCUT2D eigenvalue weighted by Crippen LogP contribution is -2.11. The zero-order chi connectivity index (χ0) is 22.9. The summed E-state index contributed by atoms with van der Waals surface area (Å²) in [7, 11) is 1.38. The van der Waals surface area contributed by atoms with E-state index in [1.54, 1.807) is 17.4 Å². The Balaban J connectivity index is 1.96. The second kappa shape index (κ2) is 11.8. The van der Waals surface area contributed by atoms with E-state index in [2.05, 4.69) is 16.5 Å². The van der Waals surface area contributed by atoms with Gasteiger partial charge in [-0.1, -0.05) is 19.4 Å². The van der Waals surface area contributed by atoms with Crippen LogP contribution in [0.15, 0.2) is 41.4 Å². The molecule has 0 aliphatic rings. The summed E-state index contributed by atoms with van der Waals surface area (Å²) in [6.07, 6.45) is 7.15. The van der Waals surface area contributed by atoms with Crippen LogP contribution in [0.4, 0.5) is 0 Å². The maximum atomic E-state index is 12.7. The van der Waals surface area contributed by atoms with Gasteiger partial charge in [-0.25, -0.2) is 14.6 Å². The van der Waals surface area contributed by atoms with Crippen LogP contribution in [0.1, 0.15) is 57.6 Å². The number of carbonyl (C=O) groups excluding carboxylic acids is 2. The largest absolute Gasteiger partial charge is 0.465 e. The van der Waals surface area contributed by atoms with E-state index in [4.69, 9.17) is 9.47 Å². The predicted molar refractivity (Wildman–Crippen MR) is 128 cm³/mol. The highest BCUT2D eigenvalue weighted by Crippen LogP contribution is 2.23. The summed E-state index contributed by atoms with van der Waals surface area (Å²) in [4.78, 5) is 31.8. The van der Waals surface area contributed by atoms with E-state index in [0.29, 0.717) is 30.0 Å². The molecule has 0 radical (unpaired) electrons. The fraction of sp³-hybridized carbons (Fsp3) is 0.375. The molecule has 6 nitrogen and oxygen atoms in total. The van der Waals surface area contributed by atoms with Gasteiger partial charge < -0.3 is 14.0 Å². The van der Waals surface area contributed by atoms with Crippen molar-refractivity contribution in [1.29, 1.82) is 0 Å². The summed E-state index contributed by atoms with van der Waals surface area (Å²) >= 11 is 3.02. The number of hydrogen-bond donors (Lipinski definition) is 0. The average molecular weight is 473 g/mol. The molecule has 0 saturated carbocycles. The first kappa shape index (κ1) is 23.9. The number of imidazole rings is 1. The summed E-state index contributed by atoms with van der Waals surface area (Å²) < 4.78 is 12.3. The van der Waals surface area contributed by atoms with Crippen LogP contribution < -0.4 is 0 Å². The zero-order valence-electron chi connectivity index (χ0n) is 18.6. The van der Waals surface area contributed by atoms with Crippen LogP contribution in [0.3, 0.4) is 0 Å². The van der Waals surface area contributed by atoms with Crippen LogP contribution in [0.2, 0.25) is 0 Å². The number of ether oxygens (including phenoxy) is 2. The van der Waals surface area contributed by atoms with Gasteiger partial charge in [0.2, 0.25) is 0 Å². The molecule has 8 heteroatoms. The van der Waals surface area contributed by atoms with Gasteiger partial charge >= 0.3 is 11.9 Å². The zero-order valence-corrected chi connectivity index (χ0v) is 20.3. The minimum absolute atomic E-state index is 0.312. The van der Waals surface area contributed by atoms with Crippen molar-refractivity contribution in [2.75, 3.05) is 13.7 Å². The van der Waals surface area contributed by atoms with Crippen molar-refractivity contribution in [2.45, 2.75) is 46.1 Å². The van der Waals surface area contributed by atoms with Crippen molar-refractivity contribution >= 4 is 40.7 Å². The number of carbonyl (C=O) groups is 2. The third-order valence-electron chi connectivity index (χ3n) is 4.89. The highest BCUT2D eigenvalue weighted by Gasteiger charge is 2.17. The maximum absolute atomic E-state index is 12.7. The molecule has 3 heterocycles. The molecule has 0 saturated heterocycles. The van der Waals surface area contributed by atoms with Gasteiger partial charge in [-0.2, -0.15) is 0 Å². The number of hydrogen-bond acceptors (Lipinski definition) is 7. The van der Waals surface area contributed by atoms with Gasteiger partial charge in [0.05, 0.1) is 32.2 Å². The van der Waals surface area contributed by atoms with Gasteiger partial charge in [-0.05, 0) is 43.0 Å². The molecule has 0 aliphatic heterocycles. The Morgan fingerprint density at radius 3 is 2.72 bits per heavy atom. The van der Waals surface area contributed by atoms with E-state index < -0.39 is 0 Å². The van der Waals surface area contributed by atoms with Crippen molar-refractivity contribution in [1.82, 2.24) is 9.55 Å². The lowest BCUT2D eigenvalue weighted by atomic mass is 10.1. The van der Waals surface area contributed by atoms with E-state index in [0.717, 1.165) is 40.5 Å². The number of thiophene rings is 2. The number of nitrogens with zero attached hydrogens (tertiary/aromatic N) is 2. The molecular formula is C24H28N2O4S2. The summed E-state index contributed by atoms with van der Waals surface area (Å²) in [5.74, 6) is 0.317. The molecule has 0 aromatic carbocycles. The molecular weight excluding hydrogens is 444 g/mol. The van der Waals surface area contributed by atoms with E-state index in [1.165, 1.54) is 18.4 Å². The molecule has 3 rings (SSSR count). The average Bonchev–Trinajstić information content (AvgIpc) is 3.54. The van der Waals surface area contributed by atoms with E-state index in [-0.39, 0.29) is 11.9 Å².